The molecule has 1 aromatic heterocycles. The maximum Gasteiger partial charge on any atom is 0.376 e. The fraction of sp³-hybridized carbons (Fsp3) is 0. The molecule has 0 bridgehead atoms. The average Bonchev–Trinajstić information content (AvgIpc) is 2.04. The molecular formula is C4H2N4O4. The van der Waals surface area contributed by atoms with Crippen LogP contribution in [0.1, 0.15) is 0 Å². The van der Waals surface area contributed by atoms with Crippen LogP contribution in [0.25, 0.3) is 0 Å². The summed E-state index contributed by atoms with van der Waals surface area (Å²) in [7, 11) is 0. The van der Waals surface area contributed by atoms with Gasteiger partial charge in [-0.3, -0.25) is 0 Å². The zero-order valence-corrected chi connectivity index (χ0v) is 5.58. The highest BCUT2D eigenvalue weighted by atomic mass is 16.6. The second-order valence-corrected chi connectivity index (χ2v) is 1.75. The third-order valence-corrected chi connectivity index (χ3v) is 1.01. The topological polar surface area (TPSA) is 112 Å². The van der Waals surface area contributed by atoms with Gasteiger partial charge < -0.3 is 20.2 Å². The molecule has 0 unspecified atom stereocenters. The molecule has 0 saturated heterocycles. The Morgan fingerprint density at radius 3 is 1.83 bits per heavy atom. The van der Waals surface area contributed by atoms with Crippen molar-refractivity contribution >= 4 is 11.6 Å². The normalized spacial score (nSPS) is 9.33. The van der Waals surface area contributed by atoms with Crippen LogP contribution >= 0.6 is 0 Å². The standard InChI is InChI=1S/C4H2N4O4/c9-7(10)3-1-4(8(11)12)6-2-5-3/h1-2H. The lowest BCUT2D eigenvalue weighted by atomic mass is 10.5. The molecule has 0 amide bonds. The van der Waals surface area contributed by atoms with E-state index in [2.05, 4.69) is 9.97 Å². The van der Waals surface area contributed by atoms with Crippen LogP contribution in [0.2, 0.25) is 0 Å². The van der Waals surface area contributed by atoms with E-state index in [9.17, 15) is 20.2 Å². The largest absolute Gasteiger partial charge is 0.376 e. The summed E-state index contributed by atoms with van der Waals surface area (Å²) in [6, 6.07) is 0.694. The summed E-state index contributed by atoms with van der Waals surface area (Å²) in [6.45, 7) is 0. The fourth-order valence-corrected chi connectivity index (χ4v) is 0.537. The molecule has 8 nitrogen and oxygen atoms in total. The van der Waals surface area contributed by atoms with Gasteiger partial charge in [0.2, 0.25) is 0 Å². The Balaban J connectivity index is 3.12. The molecule has 12 heavy (non-hydrogen) atoms. The van der Waals surface area contributed by atoms with Crippen molar-refractivity contribution in [2.24, 2.45) is 0 Å². The molecule has 0 N–H and O–H groups in total. The number of nitrogens with zero attached hydrogens (tertiary/aromatic N) is 4. The summed E-state index contributed by atoms with van der Waals surface area (Å²) in [4.78, 5) is 24.9. The van der Waals surface area contributed by atoms with E-state index < -0.39 is 21.5 Å². The number of aromatic nitrogens is 2. The number of rotatable bonds is 2. The first kappa shape index (κ1) is 7.98. The van der Waals surface area contributed by atoms with Crippen molar-refractivity contribution in [1.82, 2.24) is 9.97 Å². The first-order chi connectivity index (χ1) is 5.61. The van der Waals surface area contributed by atoms with Gasteiger partial charge in [-0.05, 0) is 9.85 Å². The van der Waals surface area contributed by atoms with Crippen LogP contribution in [0, 0.1) is 20.2 Å². The van der Waals surface area contributed by atoms with Crippen molar-refractivity contribution < 1.29 is 9.85 Å². The van der Waals surface area contributed by atoms with Crippen molar-refractivity contribution in [3.8, 4) is 0 Å². The van der Waals surface area contributed by atoms with Crippen LogP contribution in [0.5, 0.6) is 0 Å². The molecule has 62 valence electrons. The molecule has 1 rings (SSSR count). The summed E-state index contributed by atoms with van der Waals surface area (Å²) in [6.07, 6.45) is 0.774. The predicted molar refractivity (Wildman–Crippen MR) is 35.3 cm³/mol. The zero-order valence-electron chi connectivity index (χ0n) is 5.58. The van der Waals surface area contributed by atoms with Gasteiger partial charge in [-0.25, -0.2) is 0 Å². The third kappa shape index (κ3) is 1.48. The van der Waals surface area contributed by atoms with Gasteiger partial charge in [0, 0.05) is 9.97 Å². The highest BCUT2D eigenvalue weighted by molar-refractivity contribution is 5.28. The highest BCUT2D eigenvalue weighted by Crippen LogP contribution is 2.11. The Kier molecular flexibility index (Phi) is 1.90. The minimum Gasteiger partial charge on any atom is -0.358 e. The summed E-state index contributed by atoms with van der Waals surface area (Å²) in [5.41, 5.74) is 0. The van der Waals surface area contributed by atoms with Crippen LogP contribution in [-0.4, -0.2) is 19.8 Å². The van der Waals surface area contributed by atoms with Crippen molar-refractivity contribution in [3.63, 3.8) is 0 Å². The number of nitro groups is 2. The molecular weight excluding hydrogens is 168 g/mol. The Hall–Kier alpha value is -2.12. The Bertz CT molecular complexity index is 308. The van der Waals surface area contributed by atoms with E-state index in [0.29, 0.717) is 6.07 Å². The van der Waals surface area contributed by atoms with Gasteiger partial charge in [0.1, 0.15) is 6.07 Å². The lowest BCUT2D eigenvalue weighted by Gasteiger charge is -1.90. The smallest absolute Gasteiger partial charge is 0.358 e. The van der Waals surface area contributed by atoms with E-state index in [-0.39, 0.29) is 0 Å². The summed E-state index contributed by atoms with van der Waals surface area (Å²) >= 11 is 0. The molecule has 0 atom stereocenters. The molecule has 0 radical (unpaired) electrons. The molecule has 0 aliphatic carbocycles. The monoisotopic (exact) mass is 170 g/mol. The summed E-state index contributed by atoms with van der Waals surface area (Å²) in [5.74, 6) is -1.17. The van der Waals surface area contributed by atoms with Gasteiger partial charge in [0.25, 0.3) is 0 Å². The Labute approximate surface area is 65.2 Å². The quantitative estimate of drug-likeness (QED) is 0.465. The first-order valence-corrected chi connectivity index (χ1v) is 2.72. The van der Waals surface area contributed by atoms with Gasteiger partial charge in [0.15, 0.2) is 0 Å². The SMILES string of the molecule is O=[N+]([O-])c1cc([N+](=O)[O-])ncn1. The Morgan fingerprint density at radius 1 is 1.08 bits per heavy atom. The maximum absolute atomic E-state index is 10.1. The maximum atomic E-state index is 10.1. The molecule has 0 aliphatic rings. The molecule has 0 aliphatic heterocycles. The van der Waals surface area contributed by atoms with Gasteiger partial charge >= 0.3 is 18.0 Å². The number of hydrogen-bond acceptors (Lipinski definition) is 6. The molecule has 0 saturated carbocycles. The molecule has 0 aromatic carbocycles. The molecule has 1 heterocycles. The van der Waals surface area contributed by atoms with Crippen molar-refractivity contribution in [3.05, 3.63) is 32.6 Å². The summed E-state index contributed by atoms with van der Waals surface area (Å²) in [5, 5.41) is 20.1. The predicted octanol–water partition coefficient (Wildman–Crippen LogP) is 0.293. The van der Waals surface area contributed by atoms with Gasteiger partial charge in [-0.15, -0.1) is 0 Å². The van der Waals surface area contributed by atoms with Gasteiger partial charge in [-0.2, -0.15) is 0 Å². The minimum atomic E-state index is -0.825. The van der Waals surface area contributed by atoms with Crippen molar-refractivity contribution in [2.45, 2.75) is 0 Å². The van der Waals surface area contributed by atoms with E-state index in [1.807, 2.05) is 0 Å². The average molecular weight is 170 g/mol. The summed E-state index contributed by atoms with van der Waals surface area (Å²) < 4.78 is 0. The van der Waals surface area contributed by atoms with Gasteiger partial charge in [0.05, 0.1) is 0 Å². The Morgan fingerprint density at radius 2 is 1.50 bits per heavy atom. The van der Waals surface area contributed by atoms with Crippen LogP contribution in [0.4, 0.5) is 11.6 Å². The molecule has 1 aromatic rings. The van der Waals surface area contributed by atoms with E-state index >= 15 is 0 Å². The second kappa shape index (κ2) is 2.86. The lowest BCUT2D eigenvalue weighted by Crippen LogP contribution is -1.96. The van der Waals surface area contributed by atoms with Crippen LogP contribution in [0.15, 0.2) is 12.4 Å². The van der Waals surface area contributed by atoms with Crippen molar-refractivity contribution in [2.75, 3.05) is 0 Å². The molecule has 0 fully saturated rings. The molecule has 8 heteroatoms. The third-order valence-electron chi connectivity index (χ3n) is 1.01. The van der Waals surface area contributed by atoms with Crippen LogP contribution in [0.3, 0.4) is 0 Å². The van der Waals surface area contributed by atoms with Crippen molar-refractivity contribution in [1.29, 1.82) is 0 Å². The molecule has 0 spiro atoms. The van der Waals surface area contributed by atoms with E-state index in [1.165, 1.54) is 0 Å². The van der Waals surface area contributed by atoms with Crippen LogP contribution in [-0.2, 0) is 0 Å². The van der Waals surface area contributed by atoms with E-state index in [4.69, 9.17) is 0 Å². The minimum absolute atomic E-state index is 0.586. The van der Waals surface area contributed by atoms with Gasteiger partial charge in [-0.1, -0.05) is 0 Å². The first-order valence-electron chi connectivity index (χ1n) is 2.72. The second-order valence-electron chi connectivity index (χ2n) is 1.75. The highest BCUT2D eigenvalue weighted by Gasteiger charge is 2.15. The van der Waals surface area contributed by atoms with E-state index in [1.54, 1.807) is 0 Å². The fourth-order valence-electron chi connectivity index (χ4n) is 0.537. The number of hydrogen-bond donors (Lipinski definition) is 0. The van der Waals surface area contributed by atoms with E-state index in [0.717, 1.165) is 6.33 Å². The zero-order chi connectivity index (χ0) is 9.14. The van der Waals surface area contributed by atoms with Crippen LogP contribution < -0.4 is 0 Å². The lowest BCUT2D eigenvalue weighted by molar-refractivity contribution is -0.399.